The molecule has 0 saturated heterocycles. The van der Waals surface area contributed by atoms with Gasteiger partial charge in [-0.25, -0.2) is 9.97 Å². The van der Waals surface area contributed by atoms with Crippen molar-refractivity contribution in [3.8, 4) is 11.4 Å². The molecule has 2 aromatic carbocycles. The quantitative estimate of drug-likeness (QED) is 0.394. The second-order valence-electron chi connectivity index (χ2n) is 7.46. The van der Waals surface area contributed by atoms with Crippen LogP contribution in [0.15, 0.2) is 53.4 Å². The van der Waals surface area contributed by atoms with E-state index in [1.165, 1.54) is 0 Å². The number of nitrogens with one attached hydrogen (secondary N) is 1. The lowest BCUT2D eigenvalue weighted by atomic mass is 10.1. The summed E-state index contributed by atoms with van der Waals surface area (Å²) in [5.41, 5.74) is 2.90. The lowest BCUT2D eigenvalue weighted by Crippen LogP contribution is -2.18. The second kappa shape index (κ2) is 9.46. The van der Waals surface area contributed by atoms with Crippen molar-refractivity contribution in [3.05, 3.63) is 64.8 Å². The monoisotopic (exact) mass is 473 g/mol. The fourth-order valence-electron chi connectivity index (χ4n) is 3.62. The first-order chi connectivity index (χ1) is 15.4. The first-order valence-electron chi connectivity index (χ1n) is 10.3. The zero-order valence-electron chi connectivity index (χ0n) is 17.5. The maximum atomic E-state index is 11.7. The van der Waals surface area contributed by atoms with Crippen molar-refractivity contribution in [2.75, 3.05) is 17.7 Å². The molecule has 0 spiro atoms. The molecule has 0 amide bonds. The first-order valence-corrected chi connectivity index (χ1v) is 12.4. The number of aryl methyl sites for hydroxylation is 1. The number of hydrogen-bond acceptors (Lipinski definition) is 7. The Bertz CT molecular complexity index is 1140. The SMILES string of the molecule is CCOC(=O)Cc1ccc(Nc2nc(-c3cccc(Cl)c3)nc3c2S(O)(O)CCC3)cc1. The van der Waals surface area contributed by atoms with Gasteiger partial charge in [0.1, 0.15) is 4.90 Å². The summed E-state index contributed by atoms with van der Waals surface area (Å²) >= 11 is 6.14. The summed E-state index contributed by atoms with van der Waals surface area (Å²) in [4.78, 5) is 21.3. The van der Waals surface area contributed by atoms with Crippen molar-refractivity contribution in [3.63, 3.8) is 0 Å². The van der Waals surface area contributed by atoms with Gasteiger partial charge >= 0.3 is 5.97 Å². The van der Waals surface area contributed by atoms with E-state index in [0.29, 0.717) is 52.4 Å². The topological polar surface area (TPSA) is 105 Å². The number of ether oxygens (including phenoxy) is 1. The van der Waals surface area contributed by atoms with Crippen molar-refractivity contribution in [1.82, 2.24) is 9.97 Å². The molecule has 0 saturated carbocycles. The largest absolute Gasteiger partial charge is 0.466 e. The molecule has 3 aromatic rings. The van der Waals surface area contributed by atoms with Crippen LogP contribution in [0.3, 0.4) is 0 Å². The highest BCUT2D eigenvalue weighted by Gasteiger charge is 2.30. The van der Waals surface area contributed by atoms with Crippen LogP contribution in [-0.2, 0) is 22.4 Å². The van der Waals surface area contributed by atoms with Crippen LogP contribution < -0.4 is 5.32 Å². The average Bonchev–Trinajstić information content (AvgIpc) is 2.74. The Hall–Kier alpha value is -2.65. The zero-order chi connectivity index (χ0) is 22.7. The molecule has 1 aliphatic heterocycles. The van der Waals surface area contributed by atoms with Gasteiger partial charge in [-0.2, -0.15) is 10.6 Å². The smallest absolute Gasteiger partial charge is 0.310 e. The fourth-order valence-corrected chi connectivity index (χ4v) is 5.49. The number of carbonyl (C=O) groups excluding carboxylic acids is 1. The van der Waals surface area contributed by atoms with Gasteiger partial charge in [-0.1, -0.05) is 35.9 Å². The van der Waals surface area contributed by atoms with Gasteiger partial charge in [0.15, 0.2) is 11.6 Å². The predicted octanol–water partition coefficient (Wildman–Crippen LogP) is 5.70. The third-order valence-electron chi connectivity index (χ3n) is 5.06. The van der Waals surface area contributed by atoms with Crippen LogP contribution in [0.1, 0.15) is 24.6 Å². The number of benzene rings is 2. The van der Waals surface area contributed by atoms with E-state index < -0.39 is 10.6 Å². The fraction of sp³-hybridized carbons (Fsp3) is 0.261. The lowest BCUT2D eigenvalue weighted by molar-refractivity contribution is -0.142. The Morgan fingerprint density at radius 2 is 1.97 bits per heavy atom. The maximum Gasteiger partial charge on any atom is 0.310 e. The molecule has 2 heterocycles. The third-order valence-corrected chi connectivity index (χ3v) is 7.23. The molecule has 4 rings (SSSR count). The molecule has 0 bridgehead atoms. The minimum atomic E-state index is -3.01. The number of hydrogen-bond donors (Lipinski definition) is 3. The van der Waals surface area contributed by atoms with Crippen LogP contribution in [0.2, 0.25) is 5.02 Å². The highest BCUT2D eigenvalue weighted by atomic mass is 35.5. The molecule has 0 radical (unpaired) electrons. The highest BCUT2D eigenvalue weighted by Crippen LogP contribution is 2.56. The van der Waals surface area contributed by atoms with Crippen LogP contribution >= 0.6 is 22.2 Å². The van der Waals surface area contributed by atoms with E-state index in [4.69, 9.17) is 16.3 Å². The number of carbonyl (C=O) groups is 1. The summed E-state index contributed by atoms with van der Waals surface area (Å²) in [5, 5.41) is 3.79. The van der Waals surface area contributed by atoms with Crippen LogP contribution in [0.25, 0.3) is 11.4 Å². The van der Waals surface area contributed by atoms with Crippen LogP contribution in [-0.4, -0.2) is 37.4 Å². The summed E-state index contributed by atoms with van der Waals surface area (Å²) in [5.74, 6) is 0.832. The summed E-state index contributed by atoms with van der Waals surface area (Å²) < 4.78 is 26.4. The molecule has 0 fully saturated rings. The Morgan fingerprint density at radius 3 is 2.69 bits per heavy atom. The van der Waals surface area contributed by atoms with Crippen LogP contribution in [0, 0.1) is 0 Å². The van der Waals surface area contributed by atoms with Gasteiger partial charge in [0.05, 0.1) is 18.7 Å². The van der Waals surface area contributed by atoms with E-state index >= 15 is 0 Å². The van der Waals surface area contributed by atoms with E-state index in [2.05, 4.69) is 15.3 Å². The van der Waals surface area contributed by atoms with E-state index in [1.54, 1.807) is 19.1 Å². The summed E-state index contributed by atoms with van der Waals surface area (Å²) in [6.07, 6.45) is 1.47. The predicted molar refractivity (Wildman–Crippen MR) is 127 cm³/mol. The van der Waals surface area contributed by atoms with Crippen LogP contribution in [0.5, 0.6) is 0 Å². The van der Waals surface area contributed by atoms with Crippen molar-refractivity contribution < 1.29 is 18.6 Å². The molecule has 3 N–H and O–H groups in total. The van der Waals surface area contributed by atoms with Gasteiger partial charge in [0, 0.05) is 22.0 Å². The minimum absolute atomic E-state index is 0.191. The molecule has 0 atom stereocenters. The number of fused-ring (bicyclic) bond motifs is 1. The van der Waals surface area contributed by atoms with Crippen molar-refractivity contribution in [1.29, 1.82) is 0 Å². The number of esters is 1. The molecule has 7 nitrogen and oxygen atoms in total. The van der Waals surface area contributed by atoms with Gasteiger partial charge in [0.25, 0.3) is 0 Å². The Labute approximate surface area is 193 Å². The van der Waals surface area contributed by atoms with Crippen molar-refractivity contribution in [2.24, 2.45) is 0 Å². The molecule has 1 aliphatic rings. The van der Waals surface area contributed by atoms with E-state index in [9.17, 15) is 13.9 Å². The van der Waals surface area contributed by atoms with Gasteiger partial charge < -0.3 is 10.1 Å². The maximum absolute atomic E-state index is 11.7. The minimum Gasteiger partial charge on any atom is -0.466 e. The molecular formula is C23H24ClN3O4S. The summed E-state index contributed by atoms with van der Waals surface area (Å²) in [6.45, 7) is 2.12. The lowest BCUT2D eigenvalue weighted by Gasteiger charge is -2.38. The number of halogens is 1. The standard InChI is InChI=1S/C23H24ClN3O4S/c1-2-31-20(28)13-15-8-10-18(11-9-15)25-23-21-19(7-4-12-32(21,29)30)26-22(27-23)16-5-3-6-17(24)14-16/h3,5-6,8-11,14,29-30H,2,4,7,12-13H2,1H3,(H,25,26,27). The molecule has 9 heteroatoms. The van der Waals surface area contributed by atoms with Crippen molar-refractivity contribution >= 4 is 39.7 Å². The Morgan fingerprint density at radius 1 is 1.19 bits per heavy atom. The first kappa shape index (κ1) is 22.5. The normalized spacial score (nSPS) is 15.5. The van der Waals surface area contributed by atoms with Gasteiger partial charge in [-0.15, -0.1) is 0 Å². The van der Waals surface area contributed by atoms with Crippen molar-refractivity contribution in [2.45, 2.75) is 31.1 Å². The number of anilines is 2. The average molecular weight is 474 g/mol. The van der Waals surface area contributed by atoms with E-state index in [0.717, 1.165) is 11.1 Å². The summed E-state index contributed by atoms with van der Waals surface area (Å²) in [6, 6.07) is 14.5. The Kier molecular flexibility index (Phi) is 6.66. The highest BCUT2D eigenvalue weighted by molar-refractivity contribution is 8.24. The molecule has 32 heavy (non-hydrogen) atoms. The number of rotatable bonds is 6. The third kappa shape index (κ3) is 5.05. The van der Waals surface area contributed by atoms with Crippen LogP contribution in [0.4, 0.5) is 11.5 Å². The molecule has 168 valence electrons. The zero-order valence-corrected chi connectivity index (χ0v) is 19.1. The number of aromatic nitrogens is 2. The van der Waals surface area contributed by atoms with Gasteiger partial charge in [-0.05, 0) is 49.6 Å². The summed E-state index contributed by atoms with van der Waals surface area (Å²) in [7, 11) is -3.01. The molecule has 0 unspecified atom stereocenters. The van der Waals surface area contributed by atoms with E-state index in [-0.39, 0.29) is 18.1 Å². The molecule has 0 aliphatic carbocycles. The molecular weight excluding hydrogens is 450 g/mol. The second-order valence-corrected chi connectivity index (χ2v) is 10.0. The van der Waals surface area contributed by atoms with Gasteiger partial charge in [-0.3, -0.25) is 13.9 Å². The van der Waals surface area contributed by atoms with Gasteiger partial charge in [0.2, 0.25) is 0 Å². The molecule has 1 aromatic heterocycles. The van der Waals surface area contributed by atoms with E-state index in [1.807, 2.05) is 36.4 Å². The number of nitrogens with zero attached hydrogens (tertiary/aromatic N) is 2. The Balaban J connectivity index is 1.69.